The SMILES string of the molecule is C[Si](C)(C)S(=O)(=O)c1ccc(CC(=O)Cl)cc1. The van der Waals surface area contributed by atoms with E-state index in [1.54, 1.807) is 43.9 Å². The summed E-state index contributed by atoms with van der Waals surface area (Å²) >= 11 is 5.26. The first-order valence-corrected chi connectivity index (χ1v) is 11.2. The molecular weight excluding hydrogens is 276 g/mol. The summed E-state index contributed by atoms with van der Waals surface area (Å²) in [6.45, 7) is 5.37. The van der Waals surface area contributed by atoms with Gasteiger partial charge in [-0.05, 0) is 29.3 Å². The molecule has 3 nitrogen and oxygen atoms in total. The molecule has 17 heavy (non-hydrogen) atoms. The topological polar surface area (TPSA) is 51.2 Å². The molecule has 1 aromatic carbocycles. The molecule has 0 atom stereocenters. The molecule has 0 N–H and O–H groups in total. The Morgan fingerprint density at radius 3 is 2.00 bits per heavy atom. The first-order chi connectivity index (χ1) is 7.64. The van der Waals surface area contributed by atoms with Crippen LogP contribution in [0.15, 0.2) is 29.2 Å². The first-order valence-electron chi connectivity index (χ1n) is 5.16. The van der Waals surface area contributed by atoms with Crippen molar-refractivity contribution in [3.8, 4) is 0 Å². The van der Waals surface area contributed by atoms with Gasteiger partial charge in [0.05, 0.1) is 4.90 Å². The minimum atomic E-state index is -3.20. The Balaban J connectivity index is 3.08. The third-order valence-corrected chi connectivity index (χ3v) is 10.6. The maximum atomic E-state index is 12.2. The fourth-order valence-corrected chi connectivity index (χ4v) is 5.19. The number of carbonyl (C=O) groups is 1. The second-order valence-electron chi connectivity index (χ2n) is 4.79. The molecule has 0 radical (unpaired) electrons. The Bertz CT molecular complexity index is 515. The van der Waals surface area contributed by atoms with E-state index in [1.165, 1.54) is 0 Å². The van der Waals surface area contributed by atoms with Crippen molar-refractivity contribution in [1.82, 2.24) is 0 Å². The van der Waals surface area contributed by atoms with E-state index in [1.807, 2.05) is 0 Å². The van der Waals surface area contributed by atoms with Crippen LogP contribution in [0.5, 0.6) is 0 Å². The van der Waals surface area contributed by atoms with Gasteiger partial charge in [0.2, 0.25) is 5.24 Å². The number of benzene rings is 1. The predicted molar refractivity (Wildman–Crippen MR) is 71.5 cm³/mol. The Labute approximate surface area is 107 Å². The van der Waals surface area contributed by atoms with Crippen LogP contribution < -0.4 is 0 Å². The molecule has 1 aromatic rings. The predicted octanol–water partition coefficient (Wildman–Crippen LogP) is 2.60. The van der Waals surface area contributed by atoms with Crippen LogP contribution in [0.4, 0.5) is 0 Å². The van der Waals surface area contributed by atoms with Gasteiger partial charge in [-0.1, -0.05) is 31.8 Å². The van der Waals surface area contributed by atoms with Crippen molar-refractivity contribution in [2.75, 3.05) is 0 Å². The van der Waals surface area contributed by atoms with Gasteiger partial charge in [-0.2, -0.15) is 0 Å². The van der Waals surface area contributed by atoms with Gasteiger partial charge in [-0.15, -0.1) is 0 Å². The Morgan fingerprint density at radius 1 is 1.18 bits per heavy atom. The Kier molecular flexibility index (Phi) is 4.17. The van der Waals surface area contributed by atoms with E-state index in [9.17, 15) is 13.2 Å². The van der Waals surface area contributed by atoms with Crippen LogP contribution in [-0.4, -0.2) is 20.9 Å². The largest absolute Gasteiger partial charge is 0.281 e. The zero-order valence-corrected chi connectivity index (χ0v) is 12.6. The molecule has 0 aliphatic carbocycles. The highest BCUT2D eigenvalue weighted by atomic mass is 35.5. The van der Waals surface area contributed by atoms with Crippen LogP contribution in [0.25, 0.3) is 0 Å². The maximum absolute atomic E-state index is 12.2. The first kappa shape index (κ1) is 14.4. The minimum Gasteiger partial charge on any atom is -0.281 e. The average molecular weight is 291 g/mol. The molecule has 0 aromatic heterocycles. The number of hydrogen-bond donors (Lipinski definition) is 0. The van der Waals surface area contributed by atoms with Crippen LogP contribution in [0.2, 0.25) is 19.6 Å². The van der Waals surface area contributed by atoms with Crippen molar-refractivity contribution < 1.29 is 13.2 Å². The number of halogens is 1. The van der Waals surface area contributed by atoms with Crippen LogP contribution in [-0.2, 0) is 20.5 Å². The highest BCUT2D eigenvalue weighted by Crippen LogP contribution is 2.22. The van der Waals surface area contributed by atoms with Crippen LogP contribution in [0.3, 0.4) is 0 Å². The van der Waals surface area contributed by atoms with E-state index in [4.69, 9.17) is 11.6 Å². The normalized spacial score (nSPS) is 12.5. The number of hydrogen-bond acceptors (Lipinski definition) is 3. The number of rotatable bonds is 4. The Hall–Kier alpha value is -0.653. The molecule has 0 unspecified atom stereocenters. The molecular formula is C11H15ClO3SSi. The van der Waals surface area contributed by atoms with Crippen molar-refractivity contribution in [3.05, 3.63) is 29.8 Å². The van der Waals surface area contributed by atoms with Crippen molar-refractivity contribution in [3.63, 3.8) is 0 Å². The van der Waals surface area contributed by atoms with Gasteiger partial charge >= 0.3 is 0 Å². The standard InChI is InChI=1S/C11H15ClO3SSi/c1-17(2,3)16(14,15)10-6-4-9(5-7-10)8-11(12)13/h4-7H,8H2,1-3H3. The fraction of sp³-hybridized carbons (Fsp3) is 0.364. The molecule has 1 rings (SSSR count). The lowest BCUT2D eigenvalue weighted by molar-refractivity contribution is -0.111. The maximum Gasteiger partial charge on any atom is 0.226 e. The monoisotopic (exact) mass is 290 g/mol. The molecule has 6 heteroatoms. The molecule has 0 aliphatic rings. The van der Waals surface area contributed by atoms with Gasteiger partial charge in [0.25, 0.3) is 0 Å². The van der Waals surface area contributed by atoms with Gasteiger partial charge in [-0.3, -0.25) is 4.79 Å². The van der Waals surface area contributed by atoms with Crippen LogP contribution >= 0.6 is 11.6 Å². The molecule has 0 fully saturated rings. The molecule has 0 saturated heterocycles. The van der Waals surface area contributed by atoms with Crippen molar-refractivity contribution >= 4 is 33.4 Å². The van der Waals surface area contributed by atoms with Crippen LogP contribution in [0, 0.1) is 0 Å². The lowest BCUT2D eigenvalue weighted by Gasteiger charge is -2.16. The molecule has 0 bridgehead atoms. The summed E-state index contributed by atoms with van der Waals surface area (Å²) in [5, 5.41) is -0.453. The molecule has 0 heterocycles. The lowest BCUT2D eigenvalue weighted by Crippen LogP contribution is -2.33. The Morgan fingerprint density at radius 2 is 1.65 bits per heavy atom. The lowest BCUT2D eigenvalue weighted by atomic mass is 10.2. The average Bonchev–Trinajstić information content (AvgIpc) is 2.15. The summed E-state index contributed by atoms with van der Waals surface area (Å²) in [6, 6.07) is 6.35. The van der Waals surface area contributed by atoms with E-state index in [-0.39, 0.29) is 6.42 Å². The summed E-state index contributed by atoms with van der Waals surface area (Å²) in [5.74, 6) is 0. The number of carbonyl (C=O) groups excluding carboxylic acids is 1. The fourth-order valence-electron chi connectivity index (χ4n) is 1.30. The second-order valence-corrected chi connectivity index (χ2v) is 16.2. The minimum absolute atomic E-state index is 0.120. The van der Waals surface area contributed by atoms with E-state index in [0.717, 1.165) is 5.56 Å². The summed E-state index contributed by atoms with van der Waals surface area (Å²) in [6.07, 6.45) is 0.120. The molecule has 0 amide bonds. The third kappa shape index (κ3) is 3.40. The van der Waals surface area contributed by atoms with Gasteiger partial charge in [0.1, 0.15) is 9.29 Å². The van der Waals surface area contributed by atoms with E-state index >= 15 is 0 Å². The summed E-state index contributed by atoms with van der Waals surface area (Å²) in [4.78, 5) is 11.0. The van der Waals surface area contributed by atoms with Crippen LogP contribution in [0.1, 0.15) is 5.56 Å². The van der Waals surface area contributed by atoms with Gasteiger partial charge < -0.3 is 0 Å². The summed E-state index contributed by atoms with van der Waals surface area (Å²) in [7, 11) is -5.50. The highest BCUT2D eigenvalue weighted by Gasteiger charge is 2.33. The van der Waals surface area contributed by atoms with Gasteiger partial charge in [0, 0.05) is 6.42 Å². The highest BCUT2D eigenvalue weighted by molar-refractivity contribution is 8.21. The second kappa shape index (κ2) is 4.92. The van der Waals surface area contributed by atoms with Crippen molar-refractivity contribution in [1.29, 1.82) is 0 Å². The summed E-state index contributed by atoms with van der Waals surface area (Å²) < 4.78 is 24.3. The summed E-state index contributed by atoms with van der Waals surface area (Å²) in [5.41, 5.74) is 0.722. The smallest absolute Gasteiger partial charge is 0.226 e. The van der Waals surface area contributed by atoms with E-state index in [0.29, 0.717) is 4.90 Å². The zero-order chi connectivity index (χ0) is 13.3. The van der Waals surface area contributed by atoms with E-state index in [2.05, 4.69) is 0 Å². The van der Waals surface area contributed by atoms with Gasteiger partial charge in [0.15, 0.2) is 7.22 Å². The quantitative estimate of drug-likeness (QED) is 0.633. The zero-order valence-electron chi connectivity index (χ0n) is 10.0. The van der Waals surface area contributed by atoms with E-state index < -0.39 is 21.8 Å². The van der Waals surface area contributed by atoms with Gasteiger partial charge in [-0.25, -0.2) is 8.42 Å². The third-order valence-electron chi connectivity index (χ3n) is 2.38. The molecule has 0 saturated carbocycles. The van der Waals surface area contributed by atoms with Crippen molar-refractivity contribution in [2.24, 2.45) is 0 Å². The molecule has 0 aliphatic heterocycles. The molecule has 0 spiro atoms. The molecule has 94 valence electrons. The van der Waals surface area contributed by atoms with Crippen molar-refractivity contribution in [2.45, 2.75) is 31.0 Å².